The van der Waals surface area contributed by atoms with Crippen LogP contribution in [0.1, 0.15) is 11.9 Å². The minimum Gasteiger partial charge on any atom is -0.391 e. The third-order valence-electron chi connectivity index (χ3n) is 1.54. The molecule has 0 radical (unpaired) electrons. The van der Waals surface area contributed by atoms with E-state index in [-0.39, 0.29) is 6.10 Å². The fourth-order valence-electron chi connectivity index (χ4n) is 0.874. The number of likely N-dealkylation sites (N-methyl/N-ethyl adjacent to an activating group) is 1. The zero-order chi connectivity index (χ0) is 10.4. The number of nitrogens with one attached hydrogen (secondary N) is 1. The third-order valence-corrected chi connectivity index (χ3v) is 3.65. The molecule has 6 heteroatoms. The fourth-order valence-corrected chi connectivity index (χ4v) is 2.64. The van der Waals surface area contributed by atoms with Crippen LogP contribution in [0.15, 0.2) is 4.34 Å². The van der Waals surface area contributed by atoms with E-state index in [0.717, 1.165) is 15.9 Å². The van der Waals surface area contributed by atoms with Gasteiger partial charge in [0.25, 0.3) is 0 Å². The predicted molar refractivity (Wildman–Crippen MR) is 59.9 cm³/mol. The molecule has 2 N–H and O–H groups in total. The molecular weight excluding hydrogens is 218 g/mol. The molecule has 0 amide bonds. The van der Waals surface area contributed by atoms with Gasteiger partial charge in [-0.25, -0.2) is 0 Å². The van der Waals surface area contributed by atoms with Crippen molar-refractivity contribution in [3.63, 3.8) is 0 Å². The molecule has 80 valence electrons. The van der Waals surface area contributed by atoms with E-state index in [2.05, 4.69) is 15.5 Å². The number of hydrogen-bond acceptors (Lipinski definition) is 6. The highest BCUT2D eigenvalue weighted by atomic mass is 32.2. The Balaban J connectivity index is 2.20. The lowest BCUT2D eigenvalue weighted by atomic mass is 10.4. The molecule has 0 aliphatic heterocycles. The van der Waals surface area contributed by atoms with Gasteiger partial charge in [0.05, 0.1) is 6.10 Å². The minimum atomic E-state index is -0.316. The van der Waals surface area contributed by atoms with Gasteiger partial charge in [0.2, 0.25) is 0 Å². The molecule has 0 fully saturated rings. The van der Waals surface area contributed by atoms with E-state index in [1.165, 1.54) is 0 Å². The van der Waals surface area contributed by atoms with Crippen LogP contribution in [0.3, 0.4) is 0 Å². The Morgan fingerprint density at radius 2 is 2.36 bits per heavy atom. The maximum Gasteiger partial charge on any atom is 0.174 e. The summed E-state index contributed by atoms with van der Waals surface area (Å²) >= 11 is 3.12. The number of aliphatic hydroxyl groups is 1. The molecule has 0 saturated heterocycles. The maximum absolute atomic E-state index is 9.52. The Bertz CT molecular complexity index is 267. The van der Waals surface area contributed by atoms with Crippen molar-refractivity contribution in [3.05, 3.63) is 5.01 Å². The average Bonchev–Trinajstić information content (AvgIpc) is 2.58. The largest absolute Gasteiger partial charge is 0.391 e. The van der Waals surface area contributed by atoms with Gasteiger partial charge >= 0.3 is 0 Å². The molecule has 1 heterocycles. The lowest BCUT2D eigenvalue weighted by molar-refractivity contribution is 0.197. The second-order valence-electron chi connectivity index (χ2n) is 2.86. The van der Waals surface area contributed by atoms with E-state index in [9.17, 15) is 5.11 Å². The highest BCUT2D eigenvalue weighted by Crippen LogP contribution is 2.22. The quantitative estimate of drug-likeness (QED) is 0.715. The molecule has 1 atom stereocenters. The van der Waals surface area contributed by atoms with Gasteiger partial charge < -0.3 is 10.4 Å². The number of aliphatic hydroxyl groups excluding tert-OH is 1. The topological polar surface area (TPSA) is 58.0 Å². The van der Waals surface area contributed by atoms with Crippen LogP contribution in [0.4, 0.5) is 0 Å². The minimum absolute atomic E-state index is 0.316. The lowest BCUT2D eigenvalue weighted by Gasteiger charge is -2.08. The molecule has 1 unspecified atom stereocenters. The number of aryl methyl sites for hydroxylation is 1. The van der Waals surface area contributed by atoms with Gasteiger partial charge in [-0.15, -0.1) is 10.2 Å². The summed E-state index contributed by atoms with van der Waals surface area (Å²) in [5, 5.41) is 21.5. The van der Waals surface area contributed by atoms with Crippen molar-refractivity contribution < 1.29 is 5.11 Å². The summed E-state index contributed by atoms with van der Waals surface area (Å²) in [6, 6.07) is 0. The van der Waals surface area contributed by atoms with Crippen LogP contribution in [0.2, 0.25) is 0 Å². The molecule has 0 aliphatic carbocycles. The number of thioether (sulfide) groups is 1. The fraction of sp³-hybridized carbons (Fsp3) is 0.750. The summed E-state index contributed by atoms with van der Waals surface area (Å²) in [6.07, 6.45) is -0.316. The van der Waals surface area contributed by atoms with Crippen LogP contribution < -0.4 is 5.32 Å². The molecule has 1 aromatic heterocycles. The monoisotopic (exact) mass is 233 g/mol. The maximum atomic E-state index is 9.52. The first-order valence-corrected chi connectivity index (χ1v) is 6.34. The SMILES string of the molecule is CCNCC(O)CSc1nnc(C)s1. The van der Waals surface area contributed by atoms with Crippen LogP contribution >= 0.6 is 23.1 Å². The summed E-state index contributed by atoms with van der Waals surface area (Å²) in [4.78, 5) is 0. The van der Waals surface area contributed by atoms with Crippen LogP contribution in [-0.4, -0.2) is 40.3 Å². The summed E-state index contributed by atoms with van der Waals surface area (Å²) in [7, 11) is 0. The summed E-state index contributed by atoms with van der Waals surface area (Å²) < 4.78 is 0.929. The number of rotatable bonds is 6. The van der Waals surface area contributed by atoms with Gasteiger partial charge in [-0.2, -0.15) is 0 Å². The van der Waals surface area contributed by atoms with Gasteiger partial charge in [0.15, 0.2) is 4.34 Å². The van der Waals surface area contributed by atoms with Crippen molar-refractivity contribution >= 4 is 23.1 Å². The van der Waals surface area contributed by atoms with E-state index in [1.807, 2.05) is 13.8 Å². The van der Waals surface area contributed by atoms with E-state index in [4.69, 9.17) is 0 Å². The number of hydrogen-bond donors (Lipinski definition) is 2. The average molecular weight is 233 g/mol. The number of nitrogens with zero attached hydrogens (tertiary/aromatic N) is 2. The Labute approximate surface area is 92.1 Å². The van der Waals surface area contributed by atoms with Crippen molar-refractivity contribution in [1.82, 2.24) is 15.5 Å². The zero-order valence-corrected chi connectivity index (χ0v) is 9.99. The molecule has 1 aromatic rings. The van der Waals surface area contributed by atoms with Crippen LogP contribution in [0, 0.1) is 6.92 Å². The van der Waals surface area contributed by atoms with E-state index in [0.29, 0.717) is 12.3 Å². The standard InChI is InChI=1S/C8H15N3OS2/c1-3-9-4-7(12)5-13-8-11-10-6(2)14-8/h7,9,12H,3-5H2,1-2H3. The van der Waals surface area contributed by atoms with Gasteiger partial charge in [-0.3, -0.25) is 0 Å². The van der Waals surface area contributed by atoms with Crippen LogP contribution in [-0.2, 0) is 0 Å². The second kappa shape index (κ2) is 6.34. The second-order valence-corrected chi connectivity index (χ2v) is 5.31. The smallest absolute Gasteiger partial charge is 0.174 e. The van der Waals surface area contributed by atoms with E-state index in [1.54, 1.807) is 23.1 Å². The van der Waals surface area contributed by atoms with Crippen molar-refractivity contribution in [2.24, 2.45) is 0 Å². The highest BCUT2D eigenvalue weighted by molar-refractivity contribution is 8.01. The summed E-state index contributed by atoms with van der Waals surface area (Å²) in [5.41, 5.74) is 0. The van der Waals surface area contributed by atoms with Crippen molar-refractivity contribution in [2.75, 3.05) is 18.8 Å². The molecule has 4 nitrogen and oxygen atoms in total. The van der Waals surface area contributed by atoms with Gasteiger partial charge in [-0.1, -0.05) is 30.0 Å². The highest BCUT2D eigenvalue weighted by Gasteiger charge is 2.06. The lowest BCUT2D eigenvalue weighted by Crippen LogP contribution is -2.28. The normalized spacial score (nSPS) is 13.1. The molecule has 0 aliphatic rings. The summed E-state index contributed by atoms with van der Waals surface area (Å²) in [6.45, 7) is 5.48. The van der Waals surface area contributed by atoms with Crippen LogP contribution in [0.5, 0.6) is 0 Å². The van der Waals surface area contributed by atoms with Crippen molar-refractivity contribution in [2.45, 2.75) is 24.3 Å². The first-order valence-electron chi connectivity index (χ1n) is 4.54. The Hall–Kier alpha value is -0.170. The first kappa shape index (κ1) is 11.9. The molecule has 0 aromatic carbocycles. The number of aromatic nitrogens is 2. The van der Waals surface area contributed by atoms with Crippen molar-refractivity contribution in [1.29, 1.82) is 0 Å². The zero-order valence-electron chi connectivity index (χ0n) is 8.36. The Morgan fingerprint density at radius 1 is 1.57 bits per heavy atom. The molecule has 14 heavy (non-hydrogen) atoms. The molecule has 1 rings (SSSR count). The predicted octanol–water partition coefficient (Wildman–Crippen LogP) is 0.909. The molecule has 0 spiro atoms. The van der Waals surface area contributed by atoms with Crippen molar-refractivity contribution in [3.8, 4) is 0 Å². The van der Waals surface area contributed by atoms with Gasteiger partial charge in [0, 0.05) is 12.3 Å². The molecular formula is C8H15N3OS2. The van der Waals surface area contributed by atoms with Gasteiger partial charge in [0.1, 0.15) is 5.01 Å². The Morgan fingerprint density at radius 3 is 2.93 bits per heavy atom. The van der Waals surface area contributed by atoms with E-state index >= 15 is 0 Å². The molecule has 0 saturated carbocycles. The summed E-state index contributed by atoms with van der Waals surface area (Å²) in [5.74, 6) is 0.668. The van der Waals surface area contributed by atoms with Crippen LogP contribution in [0.25, 0.3) is 0 Å². The first-order chi connectivity index (χ1) is 6.72. The van der Waals surface area contributed by atoms with Gasteiger partial charge in [-0.05, 0) is 13.5 Å². The van der Waals surface area contributed by atoms with E-state index < -0.39 is 0 Å². The Kier molecular flexibility index (Phi) is 5.39. The third kappa shape index (κ3) is 4.36. The molecule has 0 bridgehead atoms.